The van der Waals surface area contributed by atoms with Crippen LogP contribution < -0.4 is 10.6 Å². The maximum absolute atomic E-state index is 13.1. The van der Waals surface area contributed by atoms with Gasteiger partial charge in [-0.2, -0.15) is 5.10 Å². The number of aryl methyl sites for hydroxylation is 1. The Labute approximate surface area is 163 Å². The molecular weight excluding hydrogens is 352 g/mol. The molecule has 1 unspecified atom stereocenters. The van der Waals surface area contributed by atoms with Gasteiger partial charge in [0.25, 0.3) is 5.91 Å². The molecule has 2 aliphatic heterocycles. The van der Waals surface area contributed by atoms with Crippen molar-refractivity contribution in [3.8, 4) is 0 Å². The largest absolute Gasteiger partial charge is 0.367 e. The Bertz CT molecular complexity index is 1020. The number of hydrogen-bond acceptors (Lipinski definition) is 5. The molecule has 7 heteroatoms. The van der Waals surface area contributed by atoms with Gasteiger partial charge in [-0.15, -0.1) is 0 Å². The van der Waals surface area contributed by atoms with E-state index in [4.69, 9.17) is 5.73 Å². The number of amides is 1. The van der Waals surface area contributed by atoms with Crippen LogP contribution in [-0.2, 0) is 13.0 Å². The van der Waals surface area contributed by atoms with Gasteiger partial charge in [-0.3, -0.25) is 14.5 Å². The van der Waals surface area contributed by atoms with Crippen LogP contribution in [0.5, 0.6) is 0 Å². The predicted molar refractivity (Wildman–Crippen MR) is 108 cm³/mol. The van der Waals surface area contributed by atoms with E-state index in [-0.39, 0.29) is 11.9 Å². The summed E-state index contributed by atoms with van der Waals surface area (Å²) in [4.78, 5) is 21.8. The van der Waals surface area contributed by atoms with Crippen molar-refractivity contribution in [3.63, 3.8) is 0 Å². The summed E-state index contributed by atoms with van der Waals surface area (Å²) in [5, 5.41) is 5.56. The summed E-state index contributed by atoms with van der Waals surface area (Å²) in [7, 11) is 0. The minimum atomic E-state index is 0.0783. The summed E-state index contributed by atoms with van der Waals surface area (Å²) >= 11 is 0. The fourth-order valence-corrected chi connectivity index (χ4v) is 4.31. The number of benzene rings is 1. The molecule has 5 rings (SSSR count). The zero-order valence-corrected chi connectivity index (χ0v) is 15.8. The highest BCUT2D eigenvalue weighted by molar-refractivity contribution is 5.96. The number of pyridine rings is 1. The quantitative estimate of drug-likeness (QED) is 0.736. The number of anilines is 1. The Morgan fingerprint density at radius 3 is 2.75 bits per heavy atom. The summed E-state index contributed by atoms with van der Waals surface area (Å²) < 4.78 is 1.94. The first-order valence-corrected chi connectivity index (χ1v) is 9.89. The Balaban J connectivity index is 1.32. The maximum Gasteiger partial charge on any atom is 0.257 e. The van der Waals surface area contributed by atoms with Gasteiger partial charge in [-0.25, -0.2) is 0 Å². The van der Waals surface area contributed by atoms with Crippen LogP contribution in [0.25, 0.3) is 10.9 Å². The first-order chi connectivity index (χ1) is 13.7. The minimum absolute atomic E-state index is 0.0783. The Morgan fingerprint density at radius 2 is 1.89 bits per heavy atom. The number of nitrogens with zero attached hydrogens (tertiary/aromatic N) is 5. The molecule has 0 radical (unpaired) electrons. The first kappa shape index (κ1) is 17.2. The predicted octanol–water partition coefficient (Wildman–Crippen LogP) is 1.67. The van der Waals surface area contributed by atoms with Crippen molar-refractivity contribution >= 4 is 22.5 Å². The summed E-state index contributed by atoms with van der Waals surface area (Å²) in [6, 6.07) is 10.4. The van der Waals surface area contributed by atoms with Gasteiger partial charge in [0.05, 0.1) is 23.0 Å². The lowest BCUT2D eigenvalue weighted by atomic mass is 10.0. The standard InChI is InChI=1S/C21H24N6O/c22-15-6-8-27-20(13-15)17(14-24-27)21(28)26-11-9-25(10-12-26)19-5-7-23-18-4-2-1-3-16(18)19/h1-5,7,14-15H,6,8-13,22H2. The third-order valence-corrected chi connectivity index (χ3v) is 5.88. The number of fused-ring (bicyclic) bond motifs is 2. The monoisotopic (exact) mass is 376 g/mol. The van der Waals surface area contributed by atoms with E-state index < -0.39 is 0 Å². The molecule has 1 saturated heterocycles. The van der Waals surface area contributed by atoms with Crippen LogP contribution in [0.2, 0.25) is 0 Å². The Morgan fingerprint density at radius 1 is 1.07 bits per heavy atom. The zero-order chi connectivity index (χ0) is 19.1. The second-order valence-corrected chi connectivity index (χ2v) is 7.61. The number of carbonyl (C=O) groups is 1. The lowest BCUT2D eigenvalue weighted by Crippen LogP contribution is -2.49. The van der Waals surface area contributed by atoms with E-state index in [2.05, 4.69) is 27.1 Å². The fourth-order valence-electron chi connectivity index (χ4n) is 4.31. The van der Waals surface area contributed by atoms with Crippen molar-refractivity contribution in [2.45, 2.75) is 25.4 Å². The normalized spacial score (nSPS) is 19.7. The molecule has 1 amide bonds. The number of piperazine rings is 1. The second kappa shape index (κ2) is 6.91. The summed E-state index contributed by atoms with van der Waals surface area (Å²) in [5.41, 5.74) is 10.0. The number of para-hydroxylation sites is 1. The highest BCUT2D eigenvalue weighted by Gasteiger charge is 2.28. The summed E-state index contributed by atoms with van der Waals surface area (Å²) in [6.07, 6.45) is 5.22. The average molecular weight is 376 g/mol. The maximum atomic E-state index is 13.1. The smallest absolute Gasteiger partial charge is 0.257 e. The molecule has 2 aliphatic rings. The van der Waals surface area contributed by atoms with Crippen molar-refractivity contribution in [2.75, 3.05) is 31.1 Å². The number of carbonyl (C=O) groups excluding carboxylic acids is 1. The molecule has 7 nitrogen and oxygen atoms in total. The van der Waals surface area contributed by atoms with Crippen molar-refractivity contribution in [1.82, 2.24) is 19.7 Å². The van der Waals surface area contributed by atoms with Crippen molar-refractivity contribution in [2.24, 2.45) is 5.73 Å². The minimum Gasteiger partial charge on any atom is -0.367 e. The molecule has 1 fully saturated rings. The van der Waals surface area contributed by atoms with Gasteiger partial charge in [-0.05, 0) is 18.6 Å². The fraction of sp³-hybridized carbons (Fsp3) is 0.381. The van der Waals surface area contributed by atoms with E-state index in [1.54, 1.807) is 6.20 Å². The van der Waals surface area contributed by atoms with Gasteiger partial charge in [0.15, 0.2) is 0 Å². The topological polar surface area (TPSA) is 80.3 Å². The van der Waals surface area contributed by atoms with Crippen LogP contribution in [0.15, 0.2) is 42.7 Å². The van der Waals surface area contributed by atoms with E-state index in [0.29, 0.717) is 13.1 Å². The number of aromatic nitrogens is 3. The molecule has 3 aromatic rings. The molecule has 0 spiro atoms. The van der Waals surface area contributed by atoms with Crippen LogP contribution in [0, 0.1) is 0 Å². The molecule has 2 N–H and O–H groups in total. The molecule has 0 saturated carbocycles. The lowest BCUT2D eigenvalue weighted by Gasteiger charge is -2.36. The van der Waals surface area contributed by atoms with Crippen molar-refractivity contribution in [3.05, 3.63) is 54.0 Å². The number of rotatable bonds is 2. The average Bonchev–Trinajstić information content (AvgIpc) is 3.16. The molecule has 0 bridgehead atoms. The van der Waals surface area contributed by atoms with Gasteiger partial charge in [0.2, 0.25) is 0 Å². The van der Waals surface area contributed by atoms with E-state index in [1.165, 1.54) is 5.69 Å². The lowest BCUT2D eigenvalue weighted by molar-refractivity contribution is 0.0745. The molecule has 2 aromatic heterocycles. The highest BCUT2D eigenvalue weighted by atomic mass is 16.2. The summed E-state index contributed by atoms with van der Waals surface area (Å²) in [6.45, 7) is 3.82. The van der Waals surface area contributed by atoms with Gasteiger partial charge >= 0.3 is 0 Å². The highest BCUT2D eigenvalue weighted by Crippen LogP contribution is 2.26. The Kier molecular flexibility index (Phi) is 4.24. The third kappa shape index (κ3) is 2.92. The molecule has 4 heterocycles. The van der Waals surface area contributed by atoms with E-state index >= 15 is 0 Å². The first-order valence-electron chi connectivity index (χ1n) is 9.89. The van der Waals surface area contributed by atoms with Crippen LogP contribution >= 0.6 is 0 Å². The Hall–Kier alpha value is -2.93. The van der Waals surface area contributed by atoms with E-state index in [9.17, 15) is 4.79 Å². The van der Waals surface area contributed by atoms with Gasteiger partial charge in [0, 0.05) is 62.5 Å². The number of hydrogen-bond donors (Lipinski definition) is 1. The molecular formula is C21H24N6O. The van der Waals surface area contributed by atoms with E-state index in [0.717, 1.165) is 54.6 Å². The third-order valence-electron chi connectivity index (χ3n) is 5.88. The van der Waals surface area contributed by atoms with E-state index in [1.807, 2.05) is 34.0 Å². The van der Waals surface area contributed by atoms with Gasteiger partial charge < -0.3 is 15.5 Å². The number of nitrogens with two attached hydrogens (primary N) is 1. The molecule has 0 aliphatic carbocycles. The zero-order valence-electron chi connectivity index (χ0n) is 15.8. The molecule has 144 valence electrons. The van der Waals surface area contributed by atoms with Crippen LogP contribution in [0.3, 0.4) is 0 Å². The van der Waals surface area contributed by atoms with Crippen LogP contribution in [0.4, 0.5) is 5.69 Å². The second-order valence-electron chi connectivity index (χ2n) is 7.61. The van der Waals surface area contributed by atoms with Crippen molar-refractivity contribution < 1.29 is 4.79 Å². The molecule has 1 aromatic carbocycles. The van der Waals surface area contributed by atoms with Crippen LogP contribution in [0.1, 0.15) is 22.5 Å². The SMILES string of the molecule is NC1CCn2ncc(C(=O)N3CCN(c4ccnc5ccccc45)CC3)c2C1. The summed E-state index contributed by atoms with van der Waals surface area (Å²) in [5.74, 6) is 0.0783. The van der Waals surface area contributed by atoms with Crippen LogP contribution in [-0.4, -0.2) is 57.8 Å². The van der Waals surface area contributed by atoms with Gasteiger partial charge in [0.1, 0.15) is 0 Å². The molecule has 28 heavy (non-hydrogen) atoms. The van der Waals surface area contributed by atoms with Gasteiger partial charge in [-0.1, -0.05) is 18.2 Å². The van der Waals surface area contributed by atoms with Crippen molar-refractivity contribution in [1.29, 1.82) is 0 Å². The molecule has 1 atom stereocenters.